The summed E-state index contributed by atoms with van der Waals surface area (Å²) in [5.74, 6) is 0. The molecule has 0 bridgehead atoms. The molecule has 2 aromatic rings. The van der Waals surface area contributed by atoms with Crippen LogP contribution in [0.5, 0.6) is 0 Å². The van der Waals surface area contributed by atoms with Gasteiger partial charge in [0.1, 0.15) is 0 Å². The van der Waals surface area contributed by atoms with E-state index in [1.807, 2.05) is 31.0 Å². The number of anilines is 1. The van der Waals surface area contributed by atoms with Gasteiger partial charge in [0.15, 0.2) is 0 Å². The number of pyridine rings is 1. The number of hydrogen-bond donors (Lipinski definition) is 1. The number of benzene rings is 1. The summed E-state index contributed by atoms with van der Waals surface area (Å²) < 4.78 is 0. The highest BCUT2D eigenvalue weighted by Crippen LogP contribution is 2.19. The zero-order valence-electron chi connectivity index (χ0n) is 15.0. The molecular weight excluding hydrogens is 312 g/mol. The maximum absolute atomic E-state index is 12.5. The Balaban J connectivity index is 1.50. The summed E-state index contributed by atoms with van der Waals surface area (Å²) in [6.07, 6.45) is 5.47. The molecule has 0 aliphatic carbocycles. The van der Waals surface area contributed by atoms with E-state index >= 15 is 0 Å². The summed E-state index contributed by atoms with van der Waals surface area (Å²) in [5.41, 5.74) is 3.15. The molecule has 1 aromatic heterocycles. The SMILES string of the molecule is Cc1cnccc1NC(=O)N(C)C1CCN(Cc2ccccc2)CC1. The first-order valence-electron chi connectivity index (χ1n) is 8.84. The molecule has 0 spiro atoms. The first-order valence-corrected chi connectivity index (χ1v) is 8.84. The van der Waals surface area contributed by atoms with Crippen LogP contribution in [-0.4, -0.2) is 47.0 Å². The normalized spacial score (nSPS) is 15.8. The Hall–Kier alpha value is -2.40. The molecule has 0 radical (unpaired) electrons. The first-order chi connectivity index (χ1) is 12.1. The van der Waals surface area contributed by atoms with Gasteiger partial charge in [-0.15, -0.1) is 0 Å². The van der Waals surface area contributed by atoms with E-state index in [2.05, 4.69) is 39.5 Å². The fourth-order valence-corrected chi connectivity index (χ4v) is 3.29. The lowest BCUT2D eigenvalue weighted by Gasteiger charge is -2.36. The summed E-state index contributed by atoms with van der Waals surface area (Å²) in [5, 5.41) is 2.99. The van der Waals surface area contributed by atoms with Crippen molar-refractivity contribution in [3.8, 4) is 0 Å². The summed E-state index contributed by atoms with van der Waals surface area (Å²) in [7, 11) is 1.89. The van der Waals surface area contributed by atoms with E-state index in [9.17, 15) is 4.79 Å². The van der Waals surface area contributed by atoms with E-state index in [-0.39, 0.29) is 12.1 Å². The lowest BCUT2D eigenvalue weighted by Crippen LogP contribution is -2.46. The number of carbonyl (C=O) groups excluding carboxylic acids is 1. The summed E-state index contributed by atoms with van der Waals surface area (Å²) in [6, 6.07) is 12.6. The van der Waals surface area contributed by atoms with E-state index in [4.69, 9.17) is 0 Å². The van der Waals surface area contributed by atoms with Gasteiger partial charge in [0.05, 0.1) is 0 Å². The van der Waals surface area contributed by atoms with Crippen molar-refractivity contribution in [1.82, 2.24) is 14.8 Å². The van der Waals surface area contributed by atoms with Crippen LogP contribution in [0, 0.1) is 6.92 Å². The molecule has 5 heteroatoms. The van der Waals surface area contributed by atoms with E-state index < -0.39 is 0 Å². The molecule has 1 saturated heterocycles. The number of rotatable bonds is 4. The monoisotopic (exact) mass is 338 g/mol. The van der Waals surface area contributed by atoms with Crippen LogP contribution < -0.4 is 5.32 Å². The van der Waals surface area contributed by atoms with Crippen molar-refractivity contribution in [3.63, 3.8) is 0 Å². The van der Waals surface area contributed by atoms with Crippen LogP contribution in [0.4, 0.5) is 10.5 Å². The molecule has 1 aliphatic rings. The Morgan fingerprint density at radius 1 is 1.24 bits per heavy atom. The molecule has 2 heterocycles. The molecule has 1 aromatic carbocycles. The van der Waals surface area contributed by atoms with Crippen molar-refractivity contribution in [2.24, 2.45) is 0 Å². The fourth-order valence-electron chi connectivity index (χ4n) is 3.29. The first kappa shape index (κ1) is 17.4. The number of nitrogens with zero attached hydrogens (tertiary/aromatic N) is 3. The number of urea groups is 1. The third kappa shape index (κ3) is 4.57. The van der Waals surface area contributed by atoms with Gasteiger partial charge in [0.2, 0.25) is 0 Å². The molecule has 25 heavy (non-hydrogen) atoms. The summed E-state index contributed by atoms with van der Waals surface area (Å²) >= 11 is 0. The molecule has 5 nitrogen and oxygen atoms in total. The van der Waals surface area contributed by atoms with Crippen molar-refractivity contribution in [2.75, 3.05) is 25.5 Å². The molecule has 0 saturated carbocycles. The predicted molar refractivity (Wildman–Crippen MR) is 100 cm³/mol. The van der Waals surface area contributed by atoms with Crippen LogP contribution in [0.1, 0.15) is 24.0 Å². The van der Waals surface area contributed by atoms with Crippen molar-refractivity contribution >= 4 is 11.7 Å². The van der Waals surface area contributed by atoms with Crippen LogP contribution in [0.2, 0.25) is 0 Å². The van der Waals surface area contributed by atoms with Gasteiger partial charge in [-0.2, -0.15) is 0 Å². The molecular formula is C20H26N4O. The fraction of sp³-hybridized carbons (Fsp3) is 0.400. The molecule has 1 fully saturated rings. The minimum Gasteiger partial charge on any atom is -0.325 e. The highest BCUT2D eigenvalue weighted by molar-refractivity contribution is 5.90. The Bertz CT molecular complexity index is 696. The number of aromatic nitrogens is 1. The Morgan fingerprint density at radius 3 is 2.64 bits per heavy atom. The second-order valence-electron chi connectivity index (χ2n) is 6.72. The number of carbonyl (C=O) groups is 1. The number of nitrogens with one attached hydrogen (secondary N) is 1. The van der Waals surface area contributed by atoms with E-state index in [0.29, 0.717) is 0 Å². The Morgan fingerprint density at radius 2 is 1.96 bits per heavy atom. The molecule has 0 unspecified atom stereocenters. The summed E-state index contributed by atoms with van der Waals surface area (Å²) in [4.78, 5) is 20.9. The lowest BCUT2D eigenvalue weighted by molar-refractivity contribution is 0.137. The van der Waals surface area contributed by atoms with Gasteiger partial charge in [-0.25, -0.2) is 4.79 Å². The zero-order valence-corrected chi connectivity index (χ0v) is 15.0. The van der Waals surface area contributed by atoms with Crippen molar-refractivity contribution in [2.45, 2.75) is 32.4 Å². The number of likely N-dealkylation sites (tertiary alicyclic amines) is 1. The maximum atomic E-state index is 12.5. The predicted octanol–water partition coefficient (Wildman–Crippen LogP) is 3.52. The number of aryl methyl sites for hydroxylation is 1. The molecule has 0 atom stereocenters. The van der Waals surface area contributed by atoms with Crippen LogP contribution in [0.3, 0.4) is 0 Å². The topological polar surface area (TPSA) is 48.5 Å². The van der Waals surface area contributed by atoms with E-state index in [1.165, 1.54) is 5.56 Å². The summed E-state index contributed by atoms with van der Waals surface area (Å²) in [6.45, 7) is 4.97. The Kier molecular flexibility index (Phi) is 5.66. The minimum absolute atomic E-state index is 0.0455. The quantitative estimate of drug-likeness (QED) is 0.928. The van der Waals surface area contributed by atoms with Gasteiger partial charge < -0.3 is 10.2 Å². The van der Waals surface area contributed by atoms with Crippen LogP contribution in [-0.2, 0) is 6.54 Å². The zero-order chi connectivity index (χ0) is 17.6. The van der Waals surface area contributed by atoms with Crippen molar-refractivity contribution in [1.29, 1.82) is 0 Å². The molecule has 2 amide bonds. The molecule has 3 rings (SSSR count). The molecule has 1 N–H and O–H groups in total. The van der Waals surface area contributed by atoms with Gasteiger partial charge >= 0.3 is 6.03 Å². The van der Waals surface area contributed by atoms with Gasteiger partial charge in [0.25, 0.3) is 0 Å². The average molecular weight is 338 g/mol. The van der Waals surface area contributed by atoms with Crippen LogP contribution in [0.25, 0.3) is 0 Å². The van der Waals surface area contributed by atoms with Gasteiger partial charge in [-0.05, 0) is 37.0 Å². The van der Waals surface area contributed by atoms with E-state index in [0.717, 1.165) is 43.7 Å². The number of hydrogen-bond acceptors (Lipinski definition) is 3. The van der Waals surface area contributed by atoms with Crippen molar-refractivity contribution < 1.29 is 4.79 Å². The van der Waals surface area contributed by atoms with Crippen molar-refractivity contribution in [3.05, 3.63) is 59.9 Å². The smallest absolute Gasteiger partial charge is 0.321 e. The van der Waals surface area contributed by atoms with Crippen LogP contribution in [0.15, 0.2) is 48.8 Å². The third-order valence-corrected chi connectivity index (χ3v) is 4.94. The lowest BCUT2D eigenvalue weighted by atomic mass is 10.0. The largest absolute Gasteiger partial charge is 0.325 e. The van der Waals surface area contributed by atoms with Gasteiger partial charge in [0, 0.05) is 50.8 Å². The third-order valence-electron chi connectivity index (χ3n) is 4.94. The highest BCUT2D eigenvalue weighted by atomic mass is 16.2. The molecule has 132 valence electrons. The highest BCUT2D eigenvalue weighted by Gasteiger charge is 2.25. The van der Waals surface area contributed by atoms with Crippen LogP contribution >= 0.6 is 0 Å². The molecule has 1 aliphatic heterocycles. The second-order valence-corrected chi connectivity index (χ2v) is 6.72. The van der Waals surface area contributed by atoms with Gasteiger partial charge in [-0.1, -0.05) is 30.3 Å². The number of amides is 2. The minimum atomic E-state index is -0.0455. The number of piperidine rings is 1. The van der Waals surface area contributed by atoms with Gasteiger partial charge in [-0.3, -0.25) is 9.88 Å². The average Bonchev–Trinajstić information content (AvgIpc) is 2.64. The Labute approximate surface area is 149 Å². The van der Waals surface area contributed by atoms with E-state index in [1.54, 1.807) is 12.4 Å². The maximum Gasteiger partial charge on any atom is 0.321 e. The second kappa shape index (κ2) is 8.12. The standard InChI is InChI=1S/C20H26N4O/c1-16-14-21-11-8-19(16)22-20(25)23(2)18-9-12-24(13-10-18)15-17-6-4-3-5-7-17/h3-8,11,14,18H,9-10,12-13,15H2,1-2H3,(H,21,22,25).